The molecule has 0 saturated carbocycles. The highest BCUT2D eigenvalue weighted by atomic mass is 16.5. The molecule has 1 aliphatic rings. The maximum atomic E-state index is 13.1. The predicted molar refractivity (Wildman–Crippen MR) is 122 cm³/mol. The van der Waals surface area contributed by atoms with Crippen molar-refractivity contribution in [3.63, 3.8) is 0 Å². The van der Waals surface area contributed by atoms with Crippen LogP contribution in [-0.2, 0) is 9.59 Å². The quantitative estimate of drug-likeness (QED) is 0.481. The Morgan fingerprint density at radius 2 is 1.81 bits per heavy atom. The second-order valence-corrected chi connectivity index (χ2v) is 7.82. The largest absolute Gasteiger partial charge is 0.495 e. The van der Waals surface area contributed by atoms with E-state index in [4.69, 9.17) is 9.47 Å². The van der Waals surface area contributed by atoms with Crippen molar-refractivity contribution in [2.45, 2.75) is 20.8 Å². The van der Waals surface area contributed by atoms with Gasteiger partial charge in [0, 0.05) is 6.54 Å². The molecule has 162 valence electrons. The fraction of sp³-hybridized carbons (Fsp3) is 0.280. The van der Waals surface area contributed by atoms with Gasteiger partial charge >= 0.3 is 0 Å². The van der Waals surface area contributed by atoms with E-state index < -0.39 is 5.91 Å². The maximum Gasteiger partial charge on any atom is 0.278 e. The average molecular weight is 421 g/mol. The van der Waals surface area contributed by atoms with Gasteiger partial charge < -0.3 is 14.8 Å². The third-order valence-corrected chi connectivity index (χ3v) is 4.82. The van der Waals surface area contributed by atoms with Crippen LogP contribution in [0.15, 0.2) is 60.8 Å². The molecule has 0 fully saturated rings. The van der Waals surface area contributed by atoms with Crippen LogP contribution in [0.25, 0.3) is 5.57 Å². The van der Waals surface area contributed by atoms with E-state index in [1.807, 2.05) is 37.3 Å². The number of imide groups is 1. The summed E-state index contributed by atoms with van der Waals surface area (Å²) >= 11 is 0. The molecule has 2 aromatic rings. The molecule has 0 spiro atoms. The zero-order valence-corrected chi connectivity index (χ0v) is 18.4. The number of carbonyl (C=O) groups is 2. The molecule has 1 aliphatic heterocycles. The number of rotatable bonds is 9. The zero-order chi connectivity index (χ0) is 22.5. The Kier molecular flexibility index (Phi) is 6.80. The van der Waals surface area contributed by atoms with E-state index in [0.717, 1.165) is 5.56 Å². The number of aryl methyl sites for hydroxylation is 1. The molecule has 6 heteroatoms. The van der Waals surface area contributed by atoms with Crippen molar-refractivity contribution < 1.29 is 19.1 Å². The third kappa shape index (κ3) is 4.79. The number of methoxy groups -OCH3 is 1. The first-order valence-corrected chi connectivity index (χ1v) is 10.2. The summed E-state index contributed by atoms with van der Waals surface area (Å²) in [6.45, 7) is 10.5. The molecule has 0 aliphatic carbocycles. The van der Waals surface area contributed by atoms with Gasteiger partial charge in [0.25, 0.3) is 11.8 Å². The lowest BCUT2D eigenvalue weighted by Gasteiger charge is -2.14. The lowest BCUT2D eigenvalue weighted by Crippen LogP contribution is -2.32. The molecule has 0 atom stereocenters. The number of nitrogens with one attached hydrogen (secondary N) is 1. The number of hydrogen-bond acceptors (Lipinski definition) is 5. The summed E-state index contributed by atoms with van der Waals surface area (Å²) in [7, 11) is 1.56. The number of amides is 2. The van der Waals surface area contributed by atoms with Gasteiger partial charge in [-0.25, -0.2) is 0 Å². The second-order valence-electron chi connectivity index (χ2n) is 7.82. The number of carbonyl (C=O) groups excluding carboxylic acids is 2. The minimum Gasteiger partial charge on any atom is -0.495 e. The number of ether oxygens (including phenoxy) is 2. The third-order valence-electron chi connectivity index (χ3n) is 4.82. The Balaban J connectivity index is 2.02. The number of benzene rings is 2. The highest BCUT2D eigenvalue weighted by molar-refractivity contribution is 6.36. The summed E-state index contributed by atoms with van der Waals surface area (Å²) in [5, 5.41) is 3.15. The van der Waals surface area contributed by atoms with Gasteiger partial charge in [0.1, 0.15) is 17.2 Å². The van der Waals surface area contributed by atoms with Crippen LogP contribution in [0.5, 0.6) is 11.5 Å². The fourth-order valence-electron chi connectivity index (χ4n) is 3.29. The molecule has 1 N–H and O–H groups in total. The highest BCUT2D eigenvalue weighted by Gasteiger charge is 2.38. The van der Waals surface area contributed by atoms with Crippen molar-refractivity contribution in [3.05, 3.63) is 71.9 Å². The Morgan fingerprint density at radius 1 is 1.10 bits per heavy atom. The van der Waals surface area contributed by atoms with Gasteiger partial charge in [-0.1, -0.05) is 38.1 Å². The van der Waals surface area contributed by atoms with Crippen molar-refractivity contribution in [2.75, 3.05) is 25.6 Å². The van der Waals surface area contributed by atoms with Gasteiger partial charge in [-0.2, -0.15) is 0 Å². The lowest BCUT2D eigenvalue weighted by atomic mass is 10.0. The summed E-state index contributed by atoms with van der Waals surface area (Å²) in [4.78, 5) is 27.4. The van der Waals surface area contributed by atoms with Crippen LogP contribution >= 0.6 is 0 Å². The Bertz CT molecular complexity index is 1020. The highest BCUT2D eigenvalue weighted by Crippen LogP contribution is 2.34. The van der Waals surface area contributed by atoms with Crippen LogP contribution in [0.2, 0.25) is 0 Å². The van der Waals surface area contributed by atoms with Crippen LogP contribution in [0.1, 0.15) is 25.0 Å². The normalized spacial score (nSPS) is 13.8. The Labute approximate surface area is 183 Å². The number of nitrogens with zero attached hydrogens (tertiary/aromatic N) is 1. The molecular formula is C25H28N2O4. The first-order valence-electron chi connectivity index (χ1n) is 10.2. The average Bonchev–Trinajstić information content (AvgIpc) is 2.97. The van der Waals surface area contributed by atoms with Crippen LogP contribution in [-0.4, -0.2) is 37.0 Å². The van der Waals surface area contributed by atoms with E-state index in [1.165, 1.54) is 11.0 Å². The van der Waals surface area contributed by atoms with Crippen molar-refractivity contribution >= 4 is 23.1 Å². The monoisotopic (exact) mass is 420 g/mol. The van der Waals surface area contributed by atoms with Crippen molar-refractivity contribution in [1.82, 2.24) is 4.90 Å². The summed E-state index contributed by atoms with van der Waals surface area (Å²) < 4.78 is 11.2. The molecule has 0 bridgehead atoms. The standard InChI is InChI=1S/C25H28N2O4/c1-6-13-27-24(28)22(18-8-10-19(11-9-18)31-15-16(2)3)23(25(27)29)26-20-14-17(4)7-12-21(20)30-5/h6-12,14,16,26H,1,13,15H2,2-5H3. The van der Waals surface area contributed by atoms with E-state index in [1.54, 1.807) is 19.2 Å². The number of hydrogen-bond donors (Lipinski definition) is 1. The molecular weight excluding hydrogens is 392 g/mol. The predicted octanol–water partition coefficient (Wildman–Crippen LogP) is 4.42. The van der Waals surface area contributed by atoms with E-state index in [9.17, 15) is 9.59 Å². The summed E-state index contributed by atoms with van der Waals surface area (Å²) in [5.41, 5.74) is 2.78. The van der Waals surface area contributed by atoms with E-state index in [-0.39, 0.29) is 18.1 Å². The molecule has 0 radical (unpaired) electrons. The summed E-state index contributed by atoms with van der Waals surface area (Å²) in [6.07, 6.45) is 1.53. The van der Waals surface area contributed by atoms with E-state index >= 15 is 0 Å². The Hall–Kier alpha value is -3.54. The SMILES string of the molecule is C=CCN1C(=O)C(Nc2cc(C)ccc2OC)=C(c2ccc(OCC(C)C)cc2)C1=O. The van der Waals surface area contributed by atoms with Gasteiger partial charge in [0.2, 0.25) is 0 Å². The smallest absolute Gasteiger partial charge is 0.278 e. The number of anilines is 1. The molecule has 2 aromatic carbocycles. The van der Waals surface area contributed by atoms with Crippen LogP contribution in [0.4, 0.5) is 5.69 Å². The van der Waals surface area contributed by atoms with Crippen molar-refractivity contribution in [1.29, 1.82) is 0 Å². The van der Waals surface area contributed by atoms with Gasteiger partial charge in [0.15, 0.2) is 0 Å². The van der Waals surface area contributed by atoms with Gasteiger partial charge in [-0.3, -0.25) is 14.5 Å². The zero-order valence-electron chi connectivity index (χ0n) is 18.4. The fourth-order valence-corrected chi connectivity index (χ4v) is 3.29. The minimum absolute atomic E-state index is 0.132. The van der Waals surface area contributed by atoms with Gasteiger partial charge in [0.05, 0.1) is 25.0 Å². The Morgan fingerprint density at radius 3 is 2.42 bits per heavy atom. The summed E-state index contributed by atoms with van der Waals surface area (Å²) in [6, 6.07) is 12.8. The molecule has 1 heterocycles. The molecule has 0 unspecified atom stereocenters. The maximum absolute atomic E-state index is 13.1. The van der Waals surface area contributed by atoms with Crippen LogP contribution in [0, 0.1) is 12.8 Å². The van der Waals surface area contributed by atoms with Gasteiger partial charge in [-0.05, 0) is 48.2 Å². The van der Waals surface area contributed by atoms with Crippen LogP contribution in [0.3, 0.4) is 0 Å². The topological polar surface area (TPSA) is 67.9 Å². The molecule has 3 rings (SSSR count). The molecule has 2 amide bonds. The van der Waals surface area contributed by atoms with E-state index in [0.29, 0.717) is 40.8 Å². The lowest BCUT2D eigenvalue weighted by molar-refractivity contribution is -0.136. The summed E-state index contributed by atoms with van der Waals surface area (Å²) in [5.74, 6) is 0.937. The molecule has 31 heavy (non-hydrogen) atoms. The minimum atomic E-state index is -0.399. The molecule has 0 saturated heterocycles. The first-order chi connectivity index (χ1) is 14.8. The molecule has 0 aromatic heterocycles. The van der Waals surface area contributed by atoms with Gasteiger partial charge in [-0.15, -0.1) is 6.58 Å². The van der Waals surface area contributed by atoms with E-state index in [2.05, 4.69) is 25.7 Å². The van der Waals surface area contributed by atoms with Crippen molar-refractivity contribution in [3.8, 4) is 11.5 Å². The van der Waals surface area contributed by atoms with Crippen molar-refractivity contribution in [2.24, 2.45) is 5.92 Å². The van der Waals surface area contributed by atoms with Crippen LogP contribution < -0.4 is 14.8 Å². The first kappa shape index (κ1) is 22.2. The second kappa shape index (κ2) is 9.51. The molecule has 6 nitrogen and oxygen atoms in total.